The molecule has 0 unspecified atom stereocenters. The summed E-state index contributed by atoms with van der Waals surface area (Å²) in [6, 6.07) is 11.9. The Bertz CT molecular complexity index is 1050. The van der Waals surface area contributed by atoms with E-state index in [1.165, 1.54) is 17.1 Å². The first-order valence-corrected chi connectivity index (χ1v) is 12.2. The van der Waals surface area contributed by atoms with Gasteiger partial charge in [-0.1, -0.05) is 41.8 Å². The van der Waals surface area contributed by atoms with Gasteiger partial charge in [-0.3, -0.25) is 9.10 Å². The number of nitrogens with zero attached hydrogens (tertiary/aromatic N) is 1. The summed E-state index contributed by atoms with van der Waals surface area (Å²) in [6.45, 7) is 3.44. The van der Waals surface area contributed by atoms with Gasteiger partial charge in [-0.25, -0.2) is 8.42 Å². The quantitative estimate of drug-likeness (QED) is 0.712. The summed E-state index contributed by atoms with van der Waals surface area (Å²) in [5.74, 6) is 0.944. The number of fused-ring (bicyclic) bond motifs is 2. The number of benzene rings is 2. The monoisotopic (exact) mass is 446 g/mol. The molecule has 2 fully saturated rings. The highest BCUT2D eigenvalue weighted by Gasteiger charge is 2.40. The first-order valence-electron chi connectivity index (χ1n) is 10.4. The predicted molar refractivity (Wildman–Crippen MR) is 119 cm³/mol. The lowest BCUT2D eigenvalue weighted by molar-refractivity contribution is -0.120. The van der Waals surface area contributed by atoms with Crippen LogP contribution in [0.5, 0.6) is 0 Å². The van der Waals surface area contributed by atoms with E-state index < -0.39 is 10.0 Å². The first kappa shape index (κ1) is 21.2. The zero-order valence-corrected chi connectivity index (χ0v) is 18.8. The third-order valence-corrected chi connectivity index (χ3v) is 8.43. The lowest BCUT2D eigenvalue weighted by Crippen LogP contribution is -2.46. The summed E-state index contributed by atoms with van der Waals surface area (Å²) in [5, 5.41) is 3.52. The molecule has 0 heterocycles. The van der Waals surface area contributed by atoms with Gasteiger partial charge in [0.25, 0.3) is 10.0 Å². The smallest absolute Gasteiger partial charge is 0.264 e. The largest absolute Gasteiger partial charge is 0.352 e. The maximum atomic E-state index is 13.5. The number of hydrogen-bond donors (Lipinski definition) is 1. The minimum absolute atomic E-state index is 0.153. The van der Waals surface area contributed by atoms with Crippen LogP contribution in [0.2, 0.25) is 5.02 Å². The zero-order valence-electron chi connectivity index (χ0n) is 17.3. The van der Waals surface area contributed by atoms with Gasteiger partial charge in [0, 0.05) is 11.1 Å². The molecule has 2 saturated carbocycles. The van der Waals surface area contributed by atoms with Gasteiger partial charge in [0.1, 0.15) is 6.54 Å². The highest BCUT2D eigenvalue weighted by Crippen LogP contribution is 2.44. The number of anilines is 1. The van der Waals surface area contributed by atoms with Crippen molar-refractivity contribution in [2.24, 2.45) is 11.8 Å². The molecule has 2 aromatic carbocycles. The number of carbonyl (C=O) groups is 1. The minimum Gasteiger partial charge on any atom is -0.352 e. The van der Waals surface area contributed by atoms with Crippen LogP contribution in [0.3, 0.4) is 0 Å². The van der Waals surface area contributed by atoms with Crippen molar-refractivity contribution in [1.29, 1.82) is 0 Å². The Balaban J connectivity index is 1.64. The van der Waals surface area contributed by atoms with Crippen molar-refractivity contribution in [1.82, 2.24) is 5.32 Å². The summed E-state index contributed by atoms with van der Waals surface area (Å²) in [6.07, 6.45) is 4.56. The van der Waals surface area contributed by atoms with E-state index in [0.29, 0.717) is 22.5 Å². The SMILES string of the molecule is Cc1ccc(S(=O)(=O)N(CC(=O)N[C@@H]2C[C@@H]3CC[C@H]2C3)c2cc(Cl)ccc2C)cc1. The fraction of sp³-hybridized carbons (Fsp3) is 0.435. The van der Waals surface area contributed by atoms with Crippen molar-refractivity contribution in [2.45, 2.75) is 50.5 Å². The molecule has 7 heteroatoms. The second-order valence-electron chi connectivity index (χ2n) is 8.60. The molecule has 0 radical (unpaired) electrons. The van der Waals surface area contributed by atoms with Gasteiger partial charge in [-0.05, 0) is 74.8 Å². The summed E-state index contributed by atoms with van der Waals surface area (Å²) < 4.78 is 28.2. The van der Waals surface area contributed by atoms with Crippen LogP contribution in [-0.2, 0) is 14.8 Å². The van der Waals surface area contributed by atoms with E-state index in [2.05, 4.69) is 5.32 Å². The van der Waals surface area contributed by atoms with Crippen LogP contribution in [0.25, 0.3) is 0 Å². The van der Waals surface area contributed by atoms with Gasteiger partial charge in [0.15, 0.2) is 0 Å². The molecule has 1 N–H and O–H groups in total. The Hall–Kier alpha value is -2.05. The van der Waals surface area contributed by atoms with Gasteiger partial charge < -0.3 is 5.32 Å². The number of nitrogens with one attached hydrogen (secondary N) is 1. The molecule has 2 aromatic rings. The van der Waals surface area contributed by atoms with Gasteiger partial charge in [-0.15, -0.1) is 0 Å². The molecular weight excluding hydrogens is 420 g/mol. The van der Waals surface area contributed by atoms with E-state index in [1.54, 1.807) is 42.5 Å². The molecule has 5 nitrogen and oxygen atoms in total. The number of halogens is 1. The highest BCUT2D eigenvalue weighted by molar-refractivity contribution is 7.92. The Morgan fingerprint density at radius 1 is 1.10 bits per heavy atom. The van der Waals surface area contributed by atoms with E-state index >= 15 is 0 Å². The van der Waals surface area contributed by atoms with Crippen molar-refractivity contribution in [3.8, 4) is 0 Å². The maximum Gasteiger partial charge on any atom is 0.264 e. The number of amides is 1. The topological polar surface area (TPSA) is 66.5 Å². The molecule has 0 spiro atoms. The molecule has 2 aliphatic rings. The second-order valence-corrected chi connectivity index (χ2v) is 10.9. The van der Waals surface area contributed by atoms with Crippen LogP contribution < -0.4 is 9.62 Å². The second kappa shape index (κ2) is 8.23. The van der Waals surface area contributed by atoms with E-state index in [9.17, 15) is 13.2 Å². The Labute approximate surface area is 183 Å². The third-order valence-electron chi connectivity index (χ3n) is 6.42. The van der Waals surface area contributed by atoms with Crippen LogP contribution in [0.4, 0.5) is 5.69 Å². The minimum atomic E-state index is -3.94. The van der Waals surface area contributed by atoms with Crippen LogP contribution in [0.1, 0.15) is 36.8 Å². The fourth-order valence-corrected chi connectivity index (χ4v) is 6.44. The molecule has 30 heavy (non-hydrogen) atoms. The number of aryl methyl sites for hydroxylation is 2. The molecule has 4 rings (SSSR count). The Morgan fingerprint density at radius 2 is 1.83 bits per heavy atom. The lowest BCUT2D eigenvalue weighted by Gasteiger charge is -2.28. The van der Waals surface area contributed by atoms with Crippen molar-refractivity contribution >= 4 is 33.2 Å². The van der Waals surface area contributed by atoms with E-state index in [0.717, 1.165) is 24.0 Å². The highest BCUT2D eigenvalue weighted by atomic mass is 35.5. The summed E-state index contributed by atoms with van der Waals surface area (Å²) in [5.41, 5.74) is 2.13. The molecule has 160 valence electrons. The lowest BCUT2D eigenvalue weighted by atomic mass is 9.95. The van der Waals surface area contributed by atoms with Crippen molar-refractivity contribution in [3.05, 3.63) is 58.6 Å². The van der Waals surface area contributed by atoms with Crippen LogP contribution >= 0.6 is 11.6 Å². The standard InChI is InChI=1S/C23H27ClN2O3S/c1-15-3-9-20(10-4-15)30(28,29)26(22-13-19(24)8-5-16(22)2)14-23(27)25-21-12-17-6-7-18(21)11-17/h3-5,8-10,13,17-18,21H,6-7,11-12,14H2,1-2H3,(H,25,27)/t17-,18+,21-/m1/s1. The number of carbonyl (C=O) groups excluding carboxylic acids is 1. The van der Waals surface area contributed by atoms with E-state index in [1.807, 2.05) is 13.8 Å². The number of sulfonamides is 1. The molecule has 0 aromatic heterocycles. The predicted octanol–water partition coefficient (Wildman–Crippen LogP) is 4.46. The first-order chi connectivity index (χ1) is 14.2. The molecule has 2 bridgehead atoms. The average molecular weight is 447 g/mol. The van der Waals surface area contributed by atoms with Crippen LogP contribution in [0.15, 0.2) is 47.4 Å². The van der Waals surface area contributed by atoms with Crippen molar-refractivity contribution in [2.75, 3.05) is 10.8 Å². The van der Waals surface area contributed by atoms with Gasteiger partial charge >= 0.3 is 0 Å². The number of hydrogen-bond acceptors (Lipinski definition) is 3. The molecule has 0 aliphatic heterocycles. The molecular formula is C23H27ClN2O3S. The summed E-state index contributed by atoms with van der Waals surface area (Å²) >= 11 is 6.17. The third kappa shape index (κ3) is 4.21. The van der Waals surface area contributed by atoms with Crippen LogP contribution in [-0.4, -0.2) is 26.9 Å². The van der Waals surface area contributed by atoms with Gasteiger partial charge in [-0.2, -0.15) is 0 Å². The maximum absolute atomic E-state index is 13.5. The summed E-state index contributed by atoms with van der Waals surface area (Å²) in [7, 11) is -3.94. The normalized spacial score (nSPS) is 22.8. The molecule has 0 saturated heterocycles. The molecule has 2 aliphatic carbocycles. The van der Waals surface area contributed by atoms with Gasteiger partial charge in [0.2, 0.25) is 5.91 Å². The average Bonchev–Trinajstić information content (AvgIpc) is 3.31. The zero-order chi connectivity index (χ0) is 21.5. The van der Waals surface area contributed by atoms with E-state index in [4.69, 9.17) is 11.6 Å². The fourth-order valence-electron chi connectivity index (χ4n) is 4.79. The van der Waals surface area contributed by atoms with Crippen molar-refractivity contribution in [3.63, 3.8) is 0 Å². The molecule has 3 atom stereocenters. The number of rotatable bonds is 6. The summed E-state index contributed by atoms with van der Waals surface area (Å²) in [4.78, 5) is 13.1. The Morgan fingerprint density at radius 3 is 2.47 bits per heavy atom. The van der Waals surface area contributed by atoms with E-state index in [-0.39, 0.29) is 23.4 Å². The van der Waals surface area contributed by atoms with Crippen LogP contribution in [0, 0.1) is 25.7 Å². The Kier molecular flexibility index (Phi) is 5.82. The molecule has 1 amide bonds. The van der Waals surface area contributed by atoms with Crippen molar-refractivity contribution < 1.29 is 13.2 Å². The van der Waals surface area contributed by atoms with Gasteiger partial charge in [0.05, 0.1) is 10.6 Å².